The van der Waals surface area contributed by atoms with Gasteiger partial charge in [0.05, 0.1) is 18.6 Å². The minimum atomic E-state index is -0.191. The third kappa shape index (κ3) is 3.96. The molecule has 8 heteroatoms. The van der Waals surface area contributed by atoms with Gasteiger partial charge < -0.3 is 14.5 Å². The maximum Gasteiger partial charge on any atom is 0.271 e. The van der Waals surface area contributed by atoms with Crippen molar-refractivity contribution in [3.63, 3.8) is 0 Å². The van der Waals surface area contributed by atoms with E-state index >= 15 is 0 Å². The van der Waals surface area contributed by atoms with E-state index in [1.54, 1.807) is 24.8 Å². The van der Waals surface area contributed by atoms with Crippen LogP contribution in [0.3, 0.4) is 0 Å². The third-order valence-corrected chi connectivity index (χ3v) is 4.06. The summed E-state index contributed by atoms with van der Waals surface area (Å²) in [4.78, 5) is 20.7. The third-order valence-electron chi connectivity index (χ3n) is 4.06. The van der Waals surface area contributed by atoms with Gasteiger partial charge in [0, 0.05) is 43.3 Å². The zero-order valence-electron chi connectivity index (χ0n) is 14.7. The second-order valence-corrected chi connectivity index (χ2v) is 6.42. The van der Waals surface area contributed by atoms with E-state index in [1.165, 1.54) is 0 Å². The van der Waals surface area contributed by atoms with Crippen LogP contribution in [0.5, 0.6) is 0 Å². The van der Waals surface area contributed by atoms with Crippen LogP contribution in [0.2, 0.25) is 0 Å². The van der Waals surface area contributed by atoms with Gasteiger partial charge in [0.15, 0.2) is 0 Å². The van der Waals surface area contributed by atoms with Crippen LogP contribution in [0, 0.1) is 0 Å². The maximum absolute atomic E-state index is 12.3. The van der Waals surface area contributed by atoms with E-state index in [0.717, 1.165) is 11.5 Å². The van der Waals surface area contributed by atoms with Gasteiger partial charge in [-0.1, -0.05) is 13.8 Å². The fourth-order valence-corrected chi connectivity index (χ4v) is 2.66. The van der Waals surface area contributed by atoms with Crippen LogP contribution in [0.25, 0.3) is 0 Å². The number of nitrogens with one attached hydrogen (secondary N) is 2. The molecule has 1 atom stereocenters. The number of carbonyl (C=O) groups is 1. The summed E-state index contributed by atoms with van der Waals surface area (Å²) in [5, 5.41) is 9.95. The molecule has 3 rings (SSSR count). The quantitative estimate of drug-likeness (QED) is 0.687. The average Bonchev–Trinajstić information content (AvgIpc) is 3.33. The highest BCUT2D eigenvalue weighted by molar-refractivity contribution is 5.92. The zero-order valence-corrected chi connectivity index (χ0v) is 14.7. The molecule has 0 spiro atoms. The molecule has 0 bridgehead atoms. The number of amides is 1. The van der Waals surface area contributed by atoms with Gasteiger partial charge in [0.2, 0.25) is 0 Å². The molecule has 0 saturated carbocycles. The highest BCUT2D eigenvalue weighted by atomic mass is 16.1. The van der Waals surface area contributed by atoms with Crippen molar-refractivity contribution >= 4 is 5.91 Å². The monoisotopic (exact) mass is 341 g/mol. The van der Waals surface area contributed by atoms with Crippen molar-refractivity contribution in [1.29, 1.82) is 0 Å². The molecule has 0 aliphatic heterocycles. The van der Waals surface area contributed by atoms with Crippen molar-refractivity contribution in [3.05, 3.63) is 54.4 Å². The van der Waals surface area contributed by atoms with Crippen LogP contribution >= 0.6 is 0 Å². The Morgan fingerprint density at radius 2 is 2.12 bits per heavy atom. The Morgan fingerprint density at radius 3 is 2.84 bits per heavy atom. The highest BCUT2D eigenvalue weighted by Gasteiger charge is 2.14. The summed E-state index contributed by atoms with van der Waals surface area (Å²) in [5.74, 6) is 1.16. The summed E-state index contributed by atoms with van der Waals surface area (Å²) in [6, 6.07) is 1.91. The first kappa shape index (κ1) is 16.9. The Labute approximate surface area is 146 Å². The lowest BCUT2D eigenvalue weighted by Gasteiger charge is -2.13. The van der Waals surface area contributed by atoms with E-state index in [-0.39, 0.29) is 11.9 Å². The number of aromatic nitrogens is 6. The smallest absolute Gasteiger partial charge is 0.271 e. The summed E-state index contributed by atoms with van der Waals surface area (Å²) in [7, 11) is 0. The Morgan fingerprint density at radius 1 is 1.28 bits per heavy atom. The van der Waals surface area contributed by atoms with Crippen molar-refractivity contribution in [1.82, 2.24) is 34.6 Å². The Hall–Kier alpha value is -2.90. The van der Waals surface area contributed by atoms with E-state index < -0.39 is 0 Å². The lowest BCUT2D eigenvalue weighted by molar-refractivity contribution is 0.0943. The minimum Gasteiger partial charge on any atom is -0.349 e. The molecule has 25 heavy (non-hydrogen) atoms. The number of nitrogens with zero attached hydrogens (tertiary/aromatic N) is 5. The molecular formula is C17H23N7O. The van der Waals surface area contributed by atoms with Crippen LogP contribution in [-0.4, -0.2) is 41.8 Å². The number of hydrogen-bond donors (Lipinski definition) is 2. The first-order chi connectivity index (χ1) is 12.0. The molecule has 2 N–H and O–H groups in total. The standard InChI is InChI=1S/C17H23N7O/c1-12(2)16-19-5-7-23(16)10-14-8-15(22-21-14)17(25)20-9-13(3)24-6-4-18-11-24/h4-8,11-13H,9-10H2,1-3H3,(H,20,25)(H,21,22)/t13-/m0/s1. The molecule has 0 radical (unpaired) electrons. The van der Waals surface area contributed by atoms with Crippen molar-refractivity contribution in [3.8, 4) is 0 Å². The van der Waals surface area contributed by atoms with E-state index in [9.17, 15) is 4.79 Å². The molecule has 1 amide bonds. The van der Waals surface area contributed by atoms with Crippen LogP contribution < -0.4 is 5.32 Å². The van der Waals surface area contributed by atoms with Crippen molar-refractivity contribution < 1.29 is 4.79 Å². The summed E-state index contributed by atoms with van der Waals surface area (Å²) in [6.07, 6.45) is 9.06. The molecule has 0 aromatic carbocycles. The van der Waals surface area contributed by atoms with Gasteiger partial charge in [-0.05, 0) is 13.0 Å². The number of rotatable bonds is 7. The topological polar surface area (TPSA) is 93.4 Å². The van der Waals surface area contributed by atoms with Gasteiger partial charge in [-0.25, -0.2) is 9.97 Å². The van der Waals surface area contributed by atoms with E-state index in [2.05, 4.69) is 43.9 Å². The van der Waals surface area contributed by atoms with E-state index in [0.29, 0.717) is 24.7 Å². The summed E-state index contributed by atoms with van der Waals surface area (Å²) >= 11 is 0. The number of aromatic amines is 1. The average molecular weight is 341 g/mol. The van der Waals surface area contributed by atoms with Gasteiger partial charge in [0.25, 0.3) is 5.91 Å². The molecular weight excluding hydrogens is 318 g/mol. The Bertz CT molecular complexity index is 816. The largest absolute Gasteiger partial charge is 0.349 e. The van der Waals surface area contributed by atoms with E-state index in [1.807, 2.05) is 23.9 Å². The van der Waals surface area contributed by atoms with Gasteiger partial charge in [-0.3, -0.25) is 9.89 Å². The number of carbonyl (C=O) groups excluding carboxylic acids is 1. The fourth-order valence-electron chi connectivity index (χ4n) is 2.66. The fraction of sp³-hybridized carbons (Fsp3) is 0.412. The van der Waals surface area contributed by atoms with Crippen LogP contribution in [0.4, 0.5) is 0 Å². The first-order valence-corrected chi connectivity index (χ1v) is 8.35. The van der Waals surface area contributed by atoms with Crippen molar-refractivity contribution in [2.45, 2.75) is 39.3 Å². The maximum atomic E-state index is 12.3. The van der Waals surface area contributed by atoms with E-state index in [4.69, 9.17) is 0 Å². The van der Waals surface area contributed by atoms with Gasteiger partial charge >= 0.3 is 0 Å². The zero-order chi connectivity index (χ0) is 17.8. The predicted octanol–water partition coefficient (Wildman–Crippen LogP) is 1.97. The molecule has 0 unspecified atom stereocenters. The van der Waals surface area contributed by atoms with Crippen LogP contribution in [-0.2, 0) is 6.54 Å². The number of imidazole rings is 2. The molecule has 3 heterocycles. The van der Waals surface area contributed by atoms with Crippen LogP contribution in [0.15, 0.2) is 37.2 Å². The van der Waals surface area contributed by atoms with Gasteiger partial charge in [-0.2, -0.15) is 5.10 Å². The minimum absolute atomic E-state index is 0.129. The van der Waals surface area contributed by atoms with Gasteiger partial charge in [0.1, 0.15) is 11.5 Å². The molecule has 0 aliphatic carbocycles. The molecule has 0 fully saturated rings. The van der Waals surface area contributed by atoms with Crippen molar-refractivity contribution in [2.24, 2.45) is 0 Å². The second-order valence-electron chi connectivity index (χ2n) is 6.42. The normalized spacial score (nSPS) is 12.5. The molecule has 3 aromatic rings. The SMILES string of the molecule is CC(C)c1nccn1Cc1cc(C(=O)NC[C@H](C)n2ccnc2)n[nH]1. The summed E-state index contributed by atoms with van der Waals surface area (Å²) in [6.45, 7) is 7.35. The molecule has 3 aromatic heterocycles. The lowest BCUT2D eigenvalue weighted by Crippen LogP contribution is -2.29. The van der Waals surface area contributed by atoms with Crippen molar-refractivity contribution in [2.75, 3.05) is 6.54 Å². The van der Waals surface area contributed by atoms with Gasteiger partial charge in [-0.15, -0.1) is 0 Å². The number of hydrogen-bond acceptors (Lipinski definition) is 4. The van der Waals surface area contributed by atoms with Crippen LogP contribution in [0.1, 0.15) is 54.7 Å². The Kier molecular flexibility index (Phi) is 4.97. The predicted molar refractivity (Wildman–Crippen MR) is 93.3 cm³/mol. The first-order valence-electron chi connectivity index (χ1n) is 8.35. The molecule has 8 nitrogen and oxygen atoms in total. The second kappa shape index (κ2) is 7.33. The molecule has 0 saturated heterocycles. The lowest BCUT2D eigenvalue weighted by atomic mass is 10.2. The summed E-state index contributed by atoms with van der Waals surface area (Å²) < 4.78 is 4.00. The number of H-pyrrole nitrogens is 1. The molecule has 132 valence electrons. The summed E-state index contributed by atoms with van der Waals surface area (Å²) in [5.41, 5.74) is 1.26. The molecule has 0 aliphatic rings. The Balaban J connectivity index is 1.59. The highest BCUT2D eigenvalue weighted by Crippen LogP contribution is 2.13.